The lowest BCUT2D eigenvalue weighted by molar-refractivity contribution is 1.22. The Morgan fingerprint density at radius 1 is 0.297 bits per heavy atom. The highest BCUT2D eigenvalue weighted by molar-refractivity contribution is 6.15. The summed E-state index contributed by atoms with van der Waals surface area (Å²) in [5, 5.41) is 5.72. The van der Waals surface area contributed by atoms with Gasteiger partial charge >= 0.3 is 0 Å². The second kappa shape index (κ2) is 14.5. The molecule has 64 heavy (non-hydrogen) atoms. The number of nitrogens with zero attached hydrogens (tertiary/aromatic N) is 5. The van der Waals surface area contributed by atoms with Gasteiger partial charge in [-0.2, -0.15) is 0 Å². The molecule has 0 spiro atoms. The number of rotatable bonds is 6. The maximum Gasteiger partial charge on any atom is 0.160 e. The number of hydrogen-bond acceptors (Lipinski definition) is 5. The Morgan fingerprint density at radius 2 is 0.859 bits per heavy atom. The van der Waals surface area contributed by atoms with Crippen molar-refractivity contribution in [3.8, 4) is 89.7 Å². The summed E-state index contributed by atoms with van der Waals surface area (Å²) in [6, 6.07) is 71.0. The minimum absolute atomic E-state index is 0.675. The predicted octanol–water partition coefficient (Wildman–Crippen LogP) is 14.9. The van der Waals surface area contributed by atoms with Gasteiger partial charge in [0.15, 0.2) is 5.82 Å². The Bertz CT molecular complexity index is 3840. The van der Waals surface area contributed by atoms with E-state index in [0.717, 1.165) is 88.7 Å². The van der Waals surface area contributed by atoms with E-state index < -0.39 is 0 Å². The van der Waals surface area contributed by atoms with E-state index in [0.29, 0.717) is 5.82 Å². The van der Waals surface area contributed by atoms with Crippen molar-refractivity contribution in [2.24, 2.45) is 0 Å². The second-order valence-electron chi connectivity index (χ2n) is 16.5. The number of hydrogen-bond donors (Lipinski definition) is 0. The van der Waals surface area contributed by atoms with E-state index >= 15 is 0 Å². The summed E-state index contributed by atoms with van der Waals surface area (Å²) < 4.78 is 0. The van der Waals surface area contributed by atoms with Crippen molar-refractivity contribution >= 4 is 43.5 Å². The van der Waals surface area contributed by atoms with E-state index in [1.807, 2.05) is 30.3 Å². The number of fused-ring (bicyclic) bond motifs is 7. The third-order valence-electron chi connectivity index (χ3n) is 12.7. The highest BCUT2D eigenvalue weighted by atomic mass is 14.9. The Hall–Kier alpha value is -8.67. The maximum atomic E-state index is 5.33. The zero-order valence-electron chi connectivity index (χ0n) is 34.4. The highest BCUT2D eigenvalue weighted by Gasteiger charge is 2.22. The molecule has 4 heterocycles. The van der Waals surface area contributed by atoms with Crippen LogP contribution < -0.4 is 0 Å². The fourth-order valence-electron chi connectivity index (χ4n) is 9.53. The lowest BCUT2D eigenvalue weighted by Crippen LogP contribution is -1.96. The first kappa shape index (κ1) is 36.0. The van der Waals surface area contributed by atoms with Gasteiger partial charge in [0.05, 0.1) is 33.6 Å². The molecule has 8 aromatic carbocycles. The minimum atomic E-state index is 0.675. The molecule has 0 saturated carbocycles. The van der Waals surface area contributed by atoms with Crippen molar-refractivity contribution < 1.29 is 0 Å². The monoisotopic (exact) mass is 813 g/mol. The molecule has 0 N–H and O–H groups in total. The molecular weight excluding hydrogens is 779 g/mol. The highest BCUT2D eigenvalue weighted by Crippen LogP contribution is 2.48. The van der Waals surface area contributed by atoms with Crippen LogP contribution in [0, 0.1) is 0 Å². The Balaban J connectivity index is 0.861. The molecule has 296 valence electrons. The fourth-order valence-corrected chi connectivity index (χ4v) is 9.53. The van der Waals surface area contributed by atoms with Crippen molar-refractivity contribution in [2.75, 3.05) is 0 Å². The van der Waals surface area contributed by atoms with Gasteiger partial charge in [0.25, 0.3) is 0 Å². The molecule has 1 aliphatic carbocycles. The van der Waals surface area contributed by atoms with Crippen LogP contribution in [0.2, 0.25) is 0 Å². The summed E-state index contributed by atoms with van der Waals surface area (Å²) in [5.74, 6) is 0.675. The van der Waals surface area contributed by atoms with Crippen LogP contribution in [0.3, 0.4) is 0 Å². The Morgan fingerprint density at radius 3 is 1.55 bits per heavy atom. The van der Waals surface area contributed by atoms with Crippen LogP contribution >= 0.6 is 0 Å². The zero-order chi connectivity index (χ0) is 42.1. The van der Waals surface area contributed by atoms with Crippen LogP contribution in [0.25, 0.3) is 133 Å². The smallest absolute Gasteiger partial charge is 0.160 e. The summed E-state index contributed by atoms with van der Waals surface area (Å²) >= 11 is 0. The normalized spacial score (nSPS) is 11.8. The SMILES string of the molecule is c1ccc(-c2nc(-c3ccncc3)nc3ccc(-c4cccc(-c5ccc6ccc7ccc(-c8cccc(-c9ccc%10c(c9)-c9cccc%11cccc-%10c9%11)c8)nc7c6n5)c4)cc23)cc1. The molecule has 0 radical (unpaired) electrons. The molecule has 1 aliphatic rings. The summed E-state index contributed by atoms with van der Waals surface area (Å²) in [6.45, 7) is 0. The quantitative estimate of drug-likeness (QED) is 0.156. The van der Waals surface area contributed by atoms with Crippen molar-refractivity contribution in [1.29, 1.82) is 0 Å². The van der Waals surface area contributed by atoms with Crippen LogP contribution in [0.1, 0.15) is 0 Å². The molecule has 0 atom stereocenters. The molecule has 0 bridgehead atoms. The largest absolute Gasteiger partial charge is 0.265 e. The van der Waals surface area contributed by atoms with Gasteiger partial charge in [-0.25, -0.2) is 19.9 Å². The zero-order valence-corrected chi connectivity index (χ0v) is 34.4. The lowest BCUT2D eigenvalue weighted by Gasteiger charge is -2.12. The molecule has 0 saturated heterocycles. The van der Waals surface area contributed by atoms with E-state index in [4.69, 9.17) is 19.9 Å². The van der Waals surface area contributed by atoms with Crippen LogP contribution in [0.15, 0.2) is 213 Å². The standard InChI is InChI=1S/C59H35N5/c1-2-8-37(9-3-1)56-51-35-44(23-27-54(51)63-59(64-56)40-28-30-60-31-29-40)42-13-5-15-46(33-42)53-26-22-39-19-18-38-21-25-52(61-57(38)58(39)62-53)45-14-4-12-41(32-45)43-20-24-47-48-16-6-10-36-11-7-17-49(55(36)48)50(47)34-43/h1-35H. The van der Waals surface area contributed by atoms with E-state index in [1.165, 1.54) is 38.6 Å². The van der Waals surface area contributed by atoms with Crippen molar-refractivity contribution in [3.05, 3.63) is 213 Å². The van der Waals surface area contributed by atoms with Gasteiger partial charge < -0.3 is 0 Å². The van der Waals surface area contributed by atoms with E-state index in [2.05, 4.69) is 175 Å². The van der Waals surface area contributed by atoms with Gasteiger partial charge in [-0.3, -0.25) is 4.98 Å². The molecule has 13 rings (SSSR count). The topological polar surface area (TPSA) is 64.5 Å². The lowest BCUT2D eigenvalue weighted by atomic mass is 9.96. The van der Waals surface area contributed by atoms with Gasteiger partial charge in [0, 0.05) is 50.8 Å². The van der Waals surface area contributed by atoms with E-state index in [-0.39, 0.29) is 0 Å². The number of benzene rings is 8. The van der Waals surface area contributed by atoms with Gasteiger partial charge in [-0.1, -0.05) is 146 Å². The van der Waals surface area contributed by atoms with E-state index in [9.17, 15) is 0 Å². The summed E-state index contributed by atoms with van der Waals surface area (Å²) in [5.41, 5.74) is 19.1. The molecule has 5 heteroatoms. The second-order valence-corrected chi connectivity index (χ2v) is 16.5. The first-order valence-electron chi connectivity index (χ1n) is 21.5. The summed E-state index contributed by atoms with van der Waals surface area (Å²) in [6.07, 6.45) is 3.55. The third kappa shape index (κ3) is 5.98. The average molecular weight is 814 g/mol. The number of pyridine rings is 3. The van der Waals surface area contributed by atoms with Gasteiger partial charge in [-0.15, -0.1) is 0 Å². The molecule has 4 aromatic heterocycles. The van der Waals surface area contributed by atoms with Gasteiger partial charge in [-0.05, 0) is 110 Å². The molecule has 12 aromatic rings. The summed E-state index contributed by atoms with van der Waals surface area (Å²) in [4.78, 5) is 25.0. The van der Waals surface area contributed by atoms with Crippen molar-refractivity contribution in [1.82, 2.24) is 24.9 Å². The molecular formula is C59H35N5. The van der Waals surface area contributed by atoms with Crippen molar-refractivity contribution in [2.45, 2.75) is 0 Å². The first-order valence-corrected chi connectivity index (χ1v) is 21.5. The Kier molecular flexibility index (Phi) is 8.15. The molecule has 0 unspecified atom stereocenters. The predicted molar refractivity (Wildman–Crippen MR) is 262 cm³/mol. The summed E-state index contributed by atoms with van der Waals surface area (Å²) in [7, 11) is 0. The van der Waals surface area contributed by atoms with E-state index in [1.54, 1.807) is 12.4 Å². The average Bonchev–Trinajstić information content (AvgIpc) is 3.70. The fraction of sp³-hybridized carbons (Fsp3) is 0. The third-order valence-corrected chi connectivity index (χ3v) is 12.7. The molecule has 0 aliphatic heterocycles. The van der Waals surface area contributed by atoms with Crippen LogP contribution in [0.5, 0.6) is 0 Å². The van der Waals surface area contributed by atoms with Crippen LogP contribution in [0.4, 0.5) is 0 Å². The molecule has 5 nitrogen and oxygen atoms in total. The van der Waals surface area contributed by atoms with Crippen molar-refractivity contribution in [3.63, 3.8) is 0 Å². The first-order chi connectivity index (χ1) is 31.7. The van der Waals surface area contributed by atoms with Crippen LogP contribution in [-0.4, -0.2) is 24.9 Å². The maximum absolute atomic E-state index is 5.33. The molecule has 0 amide bonds. The minimum Gasteiger partial charge on any atom is -0.265 e. The van der Waals surface area contributed by atoms with Crippen LogP contribution in [-0.2, 0) is 0 Å². The van der Waals surface area contributed by atoms with Gasteiger partial charge in [0.2, 0.25) is 0 Å². The Labute approximate surface area is 369 Å². The van der Waals surface area contributed by atoms with Gasteiger partial charge in [0.1, 0.15) is 0 Å². The molecule has 0 fully saturated rings. The number of aromatic nitrogens is 5.